The molecule has 0 spiro atoms. The monoisotopic (exact) mass is 544 g/mol. The standard InChI is InChI=1S/2C5H14P2.4CN.Ni.Pd/c2*1-6(2)5-7(3)4;4*1-2;;/h2*5H2,1-4H3;;;;;;/q;;4*-1;;/p+4. The summed E-state index contributed by atoms with van der Waals surface area (Å²) in [5, 5.41) is 25.0. The Morgan fingerprint density at radius 1 is 0.458 bits per heavy atom. The van der Waals surface area contributed by atoms with E-state index in [1.807, 2.05) is 0 Å². The second kappa shape index (κ2) is 56.5. The van der Waals surface area contributed by atoms with Gasteiger partial charge >= 0.3 is 0 Å². The molecule has 24 heavy (non-hydrogen) atoms. The van der Waals surface area contributed by atoms with E-state index < -0.39 is 0 Å². The van der Waals surface area contributed by atoms with Crippen LogP contribution in [0.2, 0.25) is 0 Å². The van der Waals surface area contributed by atoms with E-state index >= 15 is 0 Å². The Bertz CT molecular complexity index is 208. The van der Waals surface area contributed by atoms with Crippen LogP contribution in [0.3, 0.4) is 0 Å². The Labute approximate surface area is 180 Å². The first-order chi connectivity index (χ1) is 10.3. The molecule has 148 valence electrons. The number of nitrogens with zero attached hydrogens (tertiary/aromatic N) is 4. The maximum Gasteiger partial charge on any atom is 0.154 e. The molecule has 0 bridgehead atoms. The summed E-state index contributed by atoms with van der Waals surface area (Å²) in [5.41, 5.74) is 0. The average Bonchev–Trinajstić information content (AvgIpc) is 2.45. The van der Waals surface area contributed by atoms with Gasteiger partial charge in [-0.2, -0.15) is 0 Å². The van der Waals surface area contributed by atoms with Crippen LogP contribution in [0.5, 0.6) is 0 Å². The van der Waals surface area contributed by atoms with Crippen molar-refractivity contribution in [2.45, 2.75) is 0 Å². The molecule has 0 aromatic heterocycles. The van der Waals surface area contributed by atoms with Gasteiger partial charge in [0.25, 0.3) is 0 Å². The van der Waals surface area contributed by atoms with E-state index in [9.17, 15) is 0 Å². The van der Waals surface area contributed by atoms with Crippen molar-refractivity contribution in [3.63, 3.8) is 0 Å². The van der Waals surface area contributed by atoms with Crippen LogP contribution in [-0.2, 0) is 36.9 Å². The number of hydrogen-bond donors (Lipinski definition) is 0. The molecule has 0 aliphatic carbocycles. The minimum atomic E-state index is 0. The zero-order valence-electron chi connectivity index (χ0n) is 15.8. The van der Waals surface area contributed by atoms with Crippen LogP contribution in [0.15, 0.2) is 0 Å². The first-order valence-corrected chi connectivity index (χ1v) is 17.1. The summed E-state index contributed by atoms with van der Waals surface area (Å²) < 4.78 is 0. The molecule has 10 heteroatoms. The normalized spacial score (nSPS) is 6.83. The Morgan fingerprint density at radius 2 is 0.542 bits per heavy atom. The van der Waals surface area contributed by atoms with Crippen molar-refractivity contribution in [2.24, 2.45) is 0 Å². The van der Waals surface area contributed by atoms with Crippen molar-refractivity contribution >= 4 is 31.7 Å². The van der Waals surface area contributed by atoms with Gasteiger partial charge in [0, 0.05) is 122 Å². The molecular formula is C14H32N4NiP4Pd. The SMILES string of the molecule is C[PH+](C)C[PH+](C)C.C[PH+](C)C[PH+](C)C.[C-]#N.[C-]#N.[C-]#N.[C-]#N.[Ni].[Pd]. The van der Waals surface area contributed by atoms with Gasteiger partial charge in [0.05, 0.1) is 0 Å². The minimum Gasteiger partial charge on any atom is -0.512 e. The molecule has 0 aromatic rings. The van der Waals surface area contributed by atoms with Crippen LogP contribution >= 0.6 is 31.7 Å². The predicted octanol–water partition coefficient (Wildman–Crippen LogP) is 4.16. The average molecular weight is 545 g/mol. The van der Waals surface area contributed by atoms with Crippen molar-refractivity contribution in [1.29, 1.82) is 21.0 Å². The molecule has 0 aromatic carbocycles. The zero-order chi connectivity index (χ0) is 19.7. The van der Waals surface area contributed by atoms with Crippen LogP contribution < -0.4 is 0 Å². The molecule has 0 heterocycles. The third-order valence-corrected chi connectivity index (χ3v) is 12.7. The van der Waals surface area contributed by atoms with Gasteiger partial charge in [0.1, 0.15) is 0 Å². The molecule has 0 saturated carbocycles. The summed E-state index contributed by atoms with van der Waals surface area (Å²) in [6.45, 7) is 38.1. The summed E-state index contributed by atoms with van der Waals surface area (Å²) in [5.74, 6) is 3.13. The van der Waals surface area contributed by atoms with Gasteiger partial charge < -0.3 is 47.3 Å². The molecular weight excluding hydrogens is 513 g/mol. The smallest absolute Gasteiger partial charge is 0.154 e. The van der Waals surface area contributed by atoms with Crippen LogP contribution in [0.1, 0.15) is 0 Å². The fourth-order valence-electron chi connectivity index (χ4n) is 1.41. The first-order valence-electron chi connectivity index (χ1n) is 6.31. The second-order valence-electron chi connectivity index (χ2n) is 5.18. The Balaban J connectivity index is -0.0000000237. The summed E-state index contributed by atoms with van der Waals surface area (Å²) in [6, 6.07) is 0. The summed E-state index contributed by atoms with van der Waals surface area (Å²) in [6.07, 6.45) is 0. The van der Waals surface area contributed by atoms with E-state index in [0.29, 0.717) is 0 Å². The molecule has 0 radical (unpaired) electrons. The van der Waals surface area contributed by atoms with Gasteiger partial charge in [-0.25, -0.2) is 0 Å². The third-order valence-electron chi connectivity index (χ3n) is 1.41. The van der Waals surface area contributed by atoms with Gasteiger partial charge in [0.15, 0.2) is 11.8 Å². The molecule has 0 saturated heterocycles. The van der Waals surface area contributed by atoms with E-state index in [-0.39, 0.29) is 68.6 Å². The quantitative estimate of drug-likeness (QED) is 0.301. The largest absolute Gasteiger partial charge is 0.512 e. The topological polar surface area (TPSA) is 95.2 Å². The number of hydrogen-bond acceptors (Lipinski definition) is 4. The molecule has 0 aliphatic rings. The number of rotatable bonds is 4. The molecule has 0 atom stereocenters. The first kappa shape index (κ1) is 49.8. The Kier molecular flexibility index (Phi) is 117. The molecule has 0 aliphatic heterocycles. The summed E-state index contributed by atoms with van der Waals surface area (Å²) >= 11 is 0. The van der Waals surface area contributed by atoms with Crippen molar-refractivity contribution < 1.29 is 36.9 Å². The molecule has 0 amide bonds. The summed E-state index contributed by atoms with van der Waals surface area (Å²) in [4.78, 5) is 0. The van der Waals surface area contributed by atoms with Gasteiger partial charge in [0.2, 0.25) is 0 Å². The van der Waals surface area contributed by atoms with Gasteiger partial charge in [-0.15, -0.1) is 0 Å². The molecule has 0 rings (SSSR count). The van der Waals surface area contributed by atoms with E-state index in [4.69, 9.17) is 47.3 Å². The Morgan fingerprint density at radius 3 is 0.542 bits per heavy atom. The maximum absolute atomic E-state index is 6.25. The van der Waals surface area contributed by atoms with Gasteiger partial charge in [-0.3, -0.25) is 0 Å². The second-order valence-corrected chi connectivity index (χ2v) is 17.7. The van der Waals surface area contributed by atoms with Crippen LogP contribution in [0.25, 0.3) is 0 Å². The van der Waals surface area contributed by atoms with Crippen molar-refractivity contribution in [2.75, 3.05) is 65.1 Å². The van der Waals surface area contributed by atoms with E-state index in [0.717, 1.165) is 0 Å². The van der Waals surface area contributed by atoms with Crippen LogP contribution in [-0.4, -0.2) is 65.1 Å². The molecule has 4 nitrogen and oxygen atoms in total. The summed E-state index contributed by atoms with van der Waals surface area (Å²) in [7, 11) is 0.444. The van der Waals surface area contributed by atoms with Crippen molar-refractivity contribution in [3.05, 3.63) is 26.3 Å². The third kappa shape index (κ3) is 139. The van der Waals surface area contributed by atoms with Gasteiger partial charge in [-0.1, -0.05) is 0 Å². The zero-order valence-corrected chi connectivity index (χ0v) is 22.4. The Hall–Kier alpha value is 0.836. The van der Waals surface area contributed by atoms with Crippen molar-refractivity contribution in [1.82, 2.24) is 0 Å². The van der Waals surface area contributed by atoms with E-state index in [2.05, 4.69) is 53.3 Å². The van der Waals surface area contributed by atoms with Gasteiger partial charge in [-0.05, 0) is 0 Å². The van der Waals surface area contributed by atoms with Crippen LogP contribution in [0.4, 0.5) is 0 Å². The minimum absolute atomic E-state index is 0. The fraction of sp³-hybridized carbons (Fsp3) is 0.714. The molecule has 0 unspecified atom stereocenters. The van der Waals surface area contributed by atoms with Crippen LogP contribution in [0, 0.1) is 47.3 Å². The molecule has 0 fully saturated rings. The molecule has 0 N–H and O–H groups in total. The fourth-order valence-corrected chi connectivity index (χ4v) is 12.7. The van der Waals surface area contributed by atoms with E-state index in [1.54, 1.807) is 11.8 Å². The van der Waals surface area contributed by atoms with Crippen molar-refractivity contribution in [3.8, 4) is 0 Å². The van der Waals surface area contributed by atoms with E-state index in [1.165, 1.54) is 0 Å². The predicted molar refractivity (Wildman–Crippen MR) is 110 cm³/mol. The maximum atomic E-state index is 6.25.